The standard InChI is InChI=1S/C22H32N2O4S/c1-4-29(27,28)23-13-5-6-14-24-19(15-23)21(20(24)16-25)18-9-7-17(8-10-18)11-12-22(2,3)26/h7-10,19-21,25-26H,4-6,13-16H2,1-3H3/t19-,20-,21-/m1/s1. The van der Waals surface area contributed by atoms with Crippen LogP contribution in [0.4, 0.5) is 0 Å². The Hall–Kier alpha value is -1.43. The molecule has 3 rings (SSSR count). The summed E-state index contributed by atoms with van der Waals surface area (Å²) >= 11 is 0. The van der Waals surface area contributed by atoms with Crippen molar-refractivity contribution in [1.82, 2.24) is 9.21 Å². The molecule has 0 amide bonds. The molecule has 3 atom stereocenters. The van der Waals surface area contributed by atoms with Crippen molar-refractivity contribution in [2.45, 2.75) is 57.2 Å². The van der Waals surface area contributed by atoms with Crippen LogP contribution in [0.3, 0.4) is 0 Å². The Labute approximate surface area is 174 Å². The maximum atomic E-state index is 12.5. The smallest absolute Gasteiger partial charge is 0.213 e. The third-order valence-electron chi connectivity index (χ3n) is 5.90. The van der Waals surface area contributed by atoms with E-state index < -0.39 is 15.6 Å². The summed E-state index contributed by atoms with van der Waals surface area (Å²) in [6.45, 7) is 6.97. The van der Waals surface area contributed by atoms with Crippen LogP contribution in [0.15, 0.2) is 24.3 Å². The number of aliphatic hydroxyl groups excluding tert-OH is 1. The van der Waals surface area contributed by atoms with E-state index in [1.807, 2.05) is 24.3 Å². The molecule has 2 fully saturated rings. The van der Waals surface area contributed by atoms with Crippen LogP contribution >= 0.6 is 0 Å². The monoisotopic (exact) mass is 420 g/mol. The van der Waals surface area contributed by atoms with E-state index in [2.05, 4.69) is 16.7 Å². The molecule has 2 saturated heterocycles. The lowest BCUT2D eigenvalue weighted by Crippen LogP contribution is -2.67. The number of rotatable bonds is 4. The van der Waals surface area contributed by atoms with E-state index in [-0.39, 0.29) is 30.4 Å². The highest BCUT2D eigenvalue weighted by molar-refractivity contribution is 7.89. The molecular weight excluding hydrogens is 388 g/mol. The molecule has 2 aliphatic heterocycles. The molecule has 29 heavy (non-hydrogen) atoms. The summed E-state index contributed by atoms with van der Waals surface area (Å²) in [5, 5.41) is 19.8. The van der Waals surface area contributed by atoms with Crippen LogP contribution in [-0.2, 0) is 10.0 Å². The Morgan fingerprint density at radius 1 is 1.17 bits per heavy atom. The van der Waals surface area contributed by atoms with Gasteiger partial charge in [0, 0.05) is 36.7 Å². The van der Waals surface area contributed by atoms with Crippen LogP contribution in [0.5, 0.6) is 0 Å². The number of fused-ring (bicyclic) bond motifs is 1. The van der Waals surface area contributed by atoms with E-state index >= 15 is 0 Å². The number of aliphatic hydroxyl groups is 2. The van der Waals surface area contributed by atoms with Crippen LogP contribution in [-0.4, -0.2) is 77.5 Å². The Morgan fingerprint density at radius 3 is 2.41 bits per heavy atom. The van der Waals surface area contributed by atoms with Crippen molar-refractivity contribution in [3.63, 3.8) is 0 Å². The van der Waals surface area contributed by atoms with Crippen molar-refractivity contribution in [2.24, 2.45) is 0 Å². The highest BCUT2D eigenvalue weighted by Gasteiger charge is 2.49. The minimum Gasteiger partial charge on any atom is -0.395 e. The van der Waals surface area contributed by atoms with Gasteiger partial charge in [-0.2, -0.15) is 0 Å². The van der Waals surface area contributed by atoms with Crippen LogP contribution < -0.4 is 0 Å². The van der Waals surface area contributed by atoms with Gasteiger partial charge in [-0.1, -0.05) is 24.0 Å². The van der Waals surface area contributed by atoms with E-state index in [0.717, 1.165) is 30.5 Å². The van der Waals surface area contributed by atoms with E-state index in [0.29, 0.717) is 13.1 Å². The maximum Gasteiger partial charge on any atom is 0.213 e. The van der Waals surface area contributed by atoms with Crippen LogP contribution in [0.2, 0.25) is 0 Å². The van der Waals surface area contributed by atoms with Gasteiger partial charge in [0.1, 0.15) is 5.60 Å². The molecule has 0 spiro atoms. The molecular formula is C22H32N2O4S. The van der Waals surface area contributed by atoms with Crippen molar-refractivity contribution in [2.75, 3.05) is 32.0 Å². The molecule has 160 valence electrons. The van der Waals surface area contributed by atoms with Crippen molar-refractivity contribution < 1.29 is 18.6 Å². The quantitative estimate of drug-likeness (QED) is 0.720. The Balaban J connectivity index is 1.84. The van der Waals surface area contributed by atoms with Crippen LogP contribution in [0.1, 0.15) is 50.7 Å². The summed E-state index contributed by atoms with van der Waals surface area (Å²) in [6, 6.07) is 7.95. The number of hydrogen-bond acceptors (Lipinski definition) is 5. The summed E-state index contributed by atoms with van der Waals surface area (Å²) in [5.41, 5.74) is 0.872. The Kier molecular flexibility index (Phi) is 6.71. The van der Waals surface area contributed by atoms with E-state index in [4.69, 9.17) is 0 Å². The lowest BCUT2D eigenvalue weighted by atomic mass is 9.74. The summed E-state index contributed by atoms with van der Waals surface area (Å²) in [6.07, 6.45) is 1.78. The van der Waals surface area contributed by atoms with E-state index in [1.165, 1.54) is 0 Å². The molecule has 7 heteroatoms. The van der Waals surface area contributed by atoms with Crippen molar-refractivity contribution in [1.29, 1.82) is 0 Å². The predicted octanol–water partition coefficient (Wildman–Crippen LogP) is 1.38. The highest BCUT2D eigenvalue weighted by Crippen LogP contribution is 2.42. The zero-order valence-corrected chi connectivity index (χ0v) is 18.3. The number of sulfonamides is 1. The normalized spacial score (nSPS) is 26.4. The fourth-order valence-electron chi connectivity index (χ4n) is 4.36. The molecule has 2 N–H and O–H groups in total. The lowest BCUT2D eigenvalue weighted by molar-refractivity contribution is -0.0553. The van der Waals surface area contributed by atoms with Gasteiger partial charge in [-0.05, 0) is 57.9 Å². The van der Waals surface area contributed by atoms with Crippen LogP contribution in [0, 0.1) is 11.8 Å². The second-order valence-electron chi connectivity index (χ2n) is 8.48. The summed E-state index contributed by atoms with van der Waals surface area (Å²) < 4.78 is 26.7. The molecule has 2 aliphatic rings. The molecule has 1 aromatic carbocycles. The lowest BCUT2D eigenvalue weighted by Gasteiger charge is -2.57. The molecule has 2 heterocycles. The van der Waals surface area contributed by atoms with Gasteiger partial charge in [0.15, 0.2) is 0 Å². The molecule has 1 aromatic rings. The first-order chi connectivity index (χ1) is 13.7. The first-order valence-electron chi connectivity index (χ1n) is 10.4. The molecule has 0 unspecified atom stereocenters. The van der Waals surface area contributed by atoms with Gasteiger partial charge >= 0.3 is 0 Å². The van der Waals surface area contributed by atoms with Gasteiger partial charge in [0.05, 0.1) is 12.4 Å². The number of nitrogens with zero attached hydrogens (tertiary/aromatic N) is 2. The third kappa shape index (κ3) is 5.01. The zero-order chi connectivity index (χ0) is 21.2. The second kappa shape index (κ2) is 8.75. The largest absolute Gasteiger partial charge is 0.395 e. The maximum absolute atomic E-state index is 12.5. The van der Waals surface area contributed by atoms with Crippen molar-refractivity contribution in [3.8, 4) is 11.8 Å². The Bertz CT molecular complexity index is 865. The van der Waals surface area contributed by atoms with Crippen molar-refractivity contribution >= 4 is 10.0 Å². The first kappa shape index (κ1) is 22.3. The van der Waals surface area contributed by atoms with Gasteiger partial charge in [0.25, 0.3) is 0 Å². The summed E-state index contributed by atoms with van der Waals surface area (Å²) in [7, 11) is -3.24. The highest BCUT2D eigenvalue weighted by atomic mass is 32.2. The second-order valence-corrected chi connectivity index (χ2v) is 10.7. The van der Waals surface area contributed by atoms with E-state index in [1.54, 1.807) is 25.1 Å². The molecule has 0 bridgehead atoms. The van der Waals surface area contributed by atoms with Gasteiger partial charge in [-0.15, -0.1) is 0 Å². The average Bonchev–Trinajstić information content (AvgIpc) is 2.65. The first-order valence-corrected chi connectivity index (χ1v) is 12.0. The fraction of sp³-hybridized carbons (Fsp3) is 0.636. The van der Waals surface area contributed by atoms with Gasteiger partial charge in [-0.25, -0.2) is 12.7 Å². The molecule has 0 radical (unpaired) electrons. The van der Waals surface area contributed by atoms with E-state index in [9.17, 15) is 18.6 Å². The zero-order valence-electron chi connectivity index (χ0n) is 17.5. The molecule has 6 nitrogen and oxygen atoms in total. The number of hydrogen-bond donors (Lipinski definition) is 2. The minimum atomic E-state index is -3.24. The number of benzene rings is 1. The molecule has 0 saturated carbocycles. The van der Waals surface area contributed by atoms with Gasteiger partial charge in [0.2, 0.25) is 10.0 Å². The Morgan fingerprint density at radius 2 is 1.83 bits per heavy atom. The topological polar surface area (TPSA) is 81.1 Å². The minimum absolute atomic E-state index is 0.0117. The average molecular weight is 421 g/mol. The van der Waals surface area contributed by atoms with Crippen molar-refractivity contribution in [3.05, 3.63) is 35.4 Å². The molecule has 0 aromatic heterocycles. The van der Waals surface area contributed by atoms with Gasteiger partial charge < -0.3 is 10.2 Å². The fourth-order valence-corrected chi connectivity index (χ4v) is 5.51. The third-order valence-corrected chi connectivity index (χ3v) is 7.75. The van der Waals surface area contributed by atoms with Crippen LogP contribution in [0.25, 0.3) is 0 Å². The SMILES string of the molecule is CCS(=O)(=O)N1CCCCN2[C@H](CO)[C@H](c3ccc(C#CC(C)(C)O)cc3)[C@H]2C1. The van der Waals surface area contributed by atoms with Gasteiger partial charge in [-0.3, -0.25) is 4.90 Å². The summed E-state index contributed by atoms with van der Waals surface area (Å²) in [4.78, 5) is 2.27. The molecule has 0 aliphatic carbocycles. The summed E-state index contributed by atoms with van der Waals surface area (Å²) in [5.74, 6) is 5.98. The predicted molar refractivity (Wildman–Crippen MR) is 114 cm³/mol.